The van der Waals surface area contributed by atoms with Gasteiger partial charge in [0.05, 0.1) is 0 Å². The van der Waals surface area contributed by atoms with Gasteiger partial charge < -0.3 is 0 Å². The predicted octanol–water partition coefficient (Wildman–Crippen LogP) is 8.19. The first-order chi connectivity index (χ1) is 17.1. The van der Waals surface area contributed by atoms with Crippen LogP contribution in [-0.2, 0) is 6.42 Å². The van der Waals surface area contributed by atoms with Gasteiger partial charge in [-0.15, -0.1) is 0 Å². The number of aryl methyl sites for hydroxylation is 5. The molecule has 0 saturated carbocycles. The van der Waals surface area contributed by atoms with E-state index >= 15 is 0 Å². The van der Waals surface area contributed by atoms with Gasteiger partial charge in [0, 0.05) is 5.04 Å². The lowest BCUT2D eigenvalue weighted by Gasteiger charge is -2.39. The monoisotopic (exact) mass is 492 g/mol. The van der Waals surface area contributed by atoms with E-state index in [1.165, 1.54) is 63.8 Å². The second-order valence-electron chi connectivity index (χ2n) is 11.5. The van der Waals surface area contributed by atoms with Crippen LogP contribution >= 0.6 is 0 Å². The van der Waals surface area contributed by atoms with Gasteiger partial charge in [-0.05, 0) is 89.2 Å². The molecule has 0 aromatic heterocycles. The summed E-state index contributed by atoms with van der Waals surface area (Å²) in [5, 5.41) is 3.11. The molecule has 0 N–H and O–H groups in total. The Labute approximate surface area is 221 Å². The Kier molecular flexibility index (Phi) is 7.62. The molecule has 0 aliphatic heterocycles. The van der Waals surface area contributed by atoms with E-state index in [-0.39, 0.29) is 5.04 Å². The van der Waals surface area contributed by atoms with Gasteiger partial charge in [0.15, 0.2) is 0 Å². The molecular weight excluding hydrogens is 448 g/mol. The van der Waals surface area contributed by atoms with Crippen LogP contribution < -0.4 is 10.4 Å². The molecule has 1 aliphatic carbocycles. The van der Waals surface area contributed by atoms with Crippen LogP contribution in [0.4, 0.5) is 0 Å². The van der Waals surface area contributed by atoms with Crippen LogP contribution in [0.5, 0.6) is 0 Å². The van der Waals surface area contributed by atoms with Crippen molar-refractivity contribution < 1.29 is 0 Å². The summed E-state index contributed by atoms with van der Waals surface area (Å²) >= 11 is 0. The standard InChI is InChI=1S/C35H44Si/c1-10-11-12-30-13-15-31(16-14-30)34-28(7)27(6)29(8)35(34,9)36(32-19-23(2)17-24(3)20-32)33-21-25(4)18-26(5)22-33/h13-22,36H,10-12H2,1-9H3. The van der Waals surface area contributed by atoms with Crippen molar-refractivity contribution >= 4 is 24.7 Å². The van der Waals surface area contributed by atoms with Crippen molar-refractivity contribution in [1.29, 1.82) is 0 Å². The zero-order chi connectivity index (χ0) is 26.2. The summed E-state index contributed by atoms with van der Waals surface area (Å²) in [5.74, 6) is 0. The van der Waals surface area contributed by atoms with E-state index in [0.717, 1.165) is 0 Å². The largest absolute Gasteiger partial charge is 0.117 e. The normalized spacial score (nSPS) is 18.1. The van der Waals surface area contributed by atoms with Gasteiger partial charge in [0.2, 0.25) is 0 Å². The molecule has 0 nitrogen and oxygen atoms in total. The molecule has 0 amide bonds. The molecule has 0 saturated heterocycles. The Morgan fingerprint density at radius 2 is 1.11 bits per heavy atom. The van der Waals surface area contributed by atoms with Crippen molar-refractivity contribution in [3.63, 3.8) is 0 Å². The van der Waals surface area contributed by atoms with E-state index in [0.29, 0.717) is 0 Å². The fourth-order valence-corrected chi connectivity index (χ4v) is 11.5. The number of benzene rings is 3. The summed E-state index contributed by atoms with van der Waals surface area (Å²) in [5.41, 5.74) is 14.4. The highest BCUT2D eigenvalue weighted by Crippen LogP contribution is 2.58. The summed E-state index contributed by atoms with van der Waals surface area (Å²) in [6.45, 7) is 21.0. The van der Waals surface area contributed by atoms with E-state index in [1.54, 1.807) is 21.5 Å². The molecule has 1 unspecified atom stereocenters. The molecule has 0 heterocycles. The molecule has 1 heteroatoms. The first-order valence-electron chi connectivity index (χ1n) is 13.7. The minimum atomic E-state index is -1.74. The summed E-state index contributed by atoms with van der Waals surface area (Å²) in [6.07, 6.45) is 3.67. The average Bonchev–Trinajstić information content (AvgIpc) is 2.97. The number of rotatable bonds is 7. The summed E-state index contributed by atoms with van der Waals surface area (Å²) in [6, 6.07) is 24.1. The van der Waals surface area contributed by atoms with E-state index in [2.05, 4.69) is 123 Å². The lowest BCUT2D eigenvalue weighted by atomic mass is 9.89. The second kappa shape index (κ2) is 10.4. The van der Waals surface area contributed by atoms with Crippen molar-refractivity contribution in [2.75, 3.05) is 0 Å². The van der Waals surface area contributed by atoms with Gasteiger partial charge in [0.1, 0.15) is 8.80 Å². The Balaban J connectivity index is 1.97. The molecule has 1 aliphatic rings. The van der Waals surface area contributed by atoms with Crippen molar-refractivity contribution in [2.45, 2.75) is 86.6 Å². The number of unbranched alkanes of at least 4 members (excludes halogenated alkanes) is 1. The smallest absolute Gasteiger partial charge is 0.0654 e. The third kappa shape index (κ3) is 4.83. The maximum absolute atomic E-state index is 2.56. The molecule has 4 rings (SSSR count). The van der Waals surface area contributed by atoms with Gasteiger partial charge >= 0.3 is 0 Å². The van der Waals surface area contributed by atoms with Crippen molar-refractivity contribution in [2.24, 2.45) is 0 Å². The average molecular weight is 493 g/mol. The Morgan fingerprint density at radius 1 is 0.639 bits per heavy atom. The summed E-state index contributed by atoms with van der Waals surface area (Å²) in [4.78, 5) is 0. The predicted molar refractivity (Wildman–Crippen MR) is 163 cm³/mol. The molecule has 36 heavy (non-hydrogen) atoms. The SMILES string of the molecule is CCCCc1ccc(C2=C(C)C(C)=C(C)C2(C)[SiH](c2cc(C)cc(C)c2)c2cc(C)cc(C)c2)cc1. The number of hydrogen-bond donors (Lipinski definition) is 0. The fourth-order valence-electron chi connectivity index (χ4n) is 6.74. The Hall–Kier alpha value is -2.64. The van der Waals surface area contributed by atoms with E-state index in [9.17, 15) is 0 Å². The molecule has 1 atom stereocenters. The molecule has 0 fully saturated rings. The number of hydrogen-bond acceptors (Lipinski definition) is 0. The fraction of sp³-hybridized carbons (Fsp3) is 0.371. The maximum Gasteiger partial charge on any atom is 0.117 e. The van der Waals surface area contributed by atoms with Crippen LogP contribution in [0.15, 0.2) is 77.4 Å². The van der Waals surface area contributed by atoms with Gasteiger partial charge in [-0.2, -0.15) is 0 Å². The lowest BCUT2D eigenvalue weighted by molar-refractivity contribution is 0.795. The van der Waals surface area contributed by atoms with Crippen LogP contribution in [0.1, 0.15) is 80.8 Å². The first kappa shape index (κ1) is 26.4. The highest BCUT2D eigenvalue weighted by atomic mass is 28.3. The van der Waals surface area contributed by atoms with Gasteiger partial charge in [-0.1, -0.05) is 119 Å². The quantitative estimate of drug-likeness (QED) is 0.292. The molecule has 0 bridgehead atoms. The van der Waals surface area contributed by atoms with Crippen molar-refractivity contribution in [3.8, 4) is 0 Å². The Bertz CT molecular complexity index is 1240. The Morgan fingerprint density at radius 3 is 1.56 bits per heavy atom. The highest BCUT2D eigenvalue weighted by molar-refractivity contribution is 6.90. The topological polar surface area (TPSA) is 0 Å². The molecule has 0 spiro atoms. The number of allylic oxidation sites excluding steroid dienone is 4. The lowest BCUT2D eigenvalue weighted by Crippen LogP contribution is -2.52. The van der Waals surface area contributed by atoms with Crippen LogP contribution in [-0.4, -0.2) is 8.80 Å². The van der Waals surface area contributed by atoms with Crippen molar-refractivity contribution in [1.82, 2.24) is 0 Å². The third-order valence-corrected chi connectivity index (χ3v) is 12.5. The minimum absolute atomic E-state index is 0.000428. The molecule has 3 aromatic carbocycles. The van der Waals surface area contributed by atoms with Gasteiger partial charge in [-0.25, -0.2) is 0 Å². The second-order valence-corrected chi connectivity index (χ2v) is 14.9. The van der Waals surface area contributed by atoms with Crippen LogP contribution in [0.3, 0.4) is 0 Å². The van der Waals surface area contributed by atoms with Crippen molar-refractivity contribution in [3.05, 3.63) is 111 Å². The molecule has 3 aromatic rings. The minimum Gasteiger partial charge on any atom is -0.0654 e. The highest BCUT2D eigenvalue weighted by Gasteiger charge is 2.47. The zero-order valence-electron chi connectivity index (χ0n) is 24.0. The maximum atomic E-state index is 2.56. The van der Waals surface area contributed by atoms with Gasteiger partial charge in [0.25, 0.3) is 0 Å². The molecule has 0 radical (unpaired) electrons. The summed E-state index contributed by atoms with van der Waals surface area (Å²) < 4.78 is 0. The van der Waals surface area contributed by atoms with Crippen LogP contribution in [0.2, 0.25) is 5.04 Å². The third-order valence-electron chi connectivity index (χ3n) is 8.59. The zero-order valence-corrected chi connectivity index (χ0v) is 25.1. The van der Waals surface area contributed by atoms with E-state index in [1.807, 2.05) is 0 Å². The first-order valence-corrected chi connectivity index (χ1v) is 15.4. The van der Waals surface area contributed by atoms with E-state index < -0.39 is 8.80 Å². The molecule has 188 valence electrons. The van der Waals surface area contributed by atoms with Crippen LogP contribution in [0.25, 0.3) is 5.57 Å². The van der Waals surface area contributed by atoms with E-state index in [4.69, 9.17) is 0 Å². The summed E-state index contributed by atoms with van der Waals surface area (Å²) in [7, 11) is -1.74. The van der Waals surface area contributed by atoms with Crippen LogP contribution in [0, 0.1) is 27.7 Å². The van der Waals surface area contributed by atoms with Gasteiger partial charge in [-0.3, -0.25) is 0 Å². The molecular formula is C35H44Si.